The molecule has 0 N–H and O–H groups in total. The highest BCUT2D eigenvalue weighted by Crippen LogP contribution is 2.23. The summed E-state index contributed by atoms with van der Waals surface area (Å²) < 4.78 is 0. The highest BCUT2D eigenvalue weighted by atomic mass is 16.2. The van der Waals surface area contributed by atoms with Crippen molar-refractivity contribution in [2.75, 3.05) is 26.2 Å². The molecule has 0 aliphatic carbocycles. The molecule has 0 saturated carbocycles. The molecule has 2 aromatic carbocycles. The fourth-order valence-electron chi connectivity index (χ4n) is 4.27. The SMILES string of the molecule is CCCN1CCN(C(=O)c2ccccn2)C[C@@H](Cc2ccc(-c3ccccc3)cc2)C1=O. The largest absolute Gasteiger partial charge is 0.341 e. The minimum absolute atomic E-state index is 0.110. The number of nitrogens with zero attached hydrogens (tertiary/aromatic N) is 3. The number of carbonyl (C=O) groups excluding carboxylic acids is 2. The Kier molecular flexibility index (Phi) is 6.95. The lowest BCUT2D eigenvalue weighted by atomic mass is 9.95. The topological polar surface area (TPSA) is 53.5 Å². The highest BCUT2D eigenvalue weighted by Gasteiger charge is 2.32. The maximum Gasteiger partial charge on any atom is 0.272 e. The maximum atomic E-state index is 13.3. The number of rotatable bonds is 6. The van der Waals surface area contributed by atoms with Crippen molar-refractivity contribution in [3.63, 3.8) is 0 Å². The second-order valence-electron chi connectivity index (χ2n) is 8.26. The van der Waals surface area contributed by atoms with Gasteiger partial charge in [0.25, 0.3) is 5.91 Å². The van der Waals surface area contributed by atoms with Crippen LogP contribution in [0.1, 0.15) is 29.4 Å². The summed E-state index contributed by atoms with van der Waals surface area (Å²) >= 11 is 0. The summed E-state index contributed by atoms with van der Waals surface area (Å²) in [5.74, 6) is -0.240. The van der Waals surface area contributed by atoms with Crippen molar-refractivity contribution in [1.82, 2.24) is 14.8 Å². The molecule has 4 rings (SSSR count). The Balaban J connectivity index is 1.53. The molecule has 0 spiro atoms. The molecule has 0 radical (unpaired) electrons. The smallest absolute Gasteiger partial charge is 0.272 e. The molecule has 2 heterocycles. The summed E-state index contributed by atoms with van der Waals surface area (Å²) in [4.78, 5) is 34.3. The second-order valence-corrected chi connectivity index (χ2v) is 8.26. The van der Waals surface area contributed by atoms with Crippen LogP contribution in [0.4, 0.5) is 0 Å². The van der Waals surface area contributed by atoms with Gasteiger partial charge in [-0.2, -0.15) is 0 Å². The summed E-state index contributed by atoms with van der Waals surface area (Å²) in [6, 6.07) is 24.0. The van der Waals surface area contributed by atoms with Crippen molar-refractivity contribution in [3.8, 4) is 11.1 Å². The minimum atomic E-state index is -0.265. The van der Waals surface area contributed by atoms with Gasteiger partial charge in [0.1, 0.15) is 5.69 Å². The maximum absolute atomic E-state index is 13.3. The summed E-state index contributed by atoms with van der Waals surface area (Å²) in [6.07, 6.45) is 3.14. The van der Waals surface area contributed by atoms with E-state index in [1.807, 2.05) is 29.2 Å². The van der Waals surface area contributed by atoms with Crippen LogP contribution in [0.3, 0.4) is 0 Å². The van der Waals surface area contributed by atoms with E-state index in [0.717, 1.165) is 17.5 Å². The lowest BCUT2D eigenvalue weighted by Crippen LogP contribution is -2.38. The Morgan fingerprint density at radius 2 is 1.66 bits per heavy atom. The lowest BCUT2D eigenvalue weighted by molar-refractivity contribution is -0.134. The van der Waals surface area contributed by atoms with Crippen LogP contribution in [0.25, 0.3) is 11.1 Å². The molecule has 0 unspecified atom stereocenters. The van der Waals surface area contributed by atoms with Gasteiger partial charge in [0.15, 0.2) is 0 Å². The van der Waals surface area contributed by atoms with Gasteiger partial charge in [0, 0.05) is 32.4 Å². The van der Waals surface area contributed by atoms with Crippen molar-refractivity contribution in [2.24, 2.45) is 5.92 Å². The van der Waals surface area contributed by atoms with E-state index in [4.69, 9.17) is 0 Å². The summed E-state index contributed by atoms with van der Waals surface area (Å²) in [6.45, 7) is 4.30. The van der Waals surface area contributed by atoms with E-state index < -0.39 is 0 Å². The molecule has 1 aromatic heterocycles. The summed E-state index contributed by atoms with van der Waals surface area (Å²) in [7, 11) is 0. The Hall–Kier alpha value is -3.47. The molecule has 5 heteroatoms. The first-order valence-corrected chi connectivity index (χ1v) is 11.3. The van der Waals surface area contributed by atoms with E-state index in [2.05, 4.69) is 48.3 Å². The second kappa shape index (κ2) is 10.2. The predicted octanol–water partition coefficient (Wildman–Crippen LogP) is 4.30. The first-order valence-electron chi connectivity index (χ1n) is 11.3. The fraction of sp³-hybridized carbons (Fsp3) is 0.296. The van der Waals surface area contributed by atoms with Crippen LogP contribution in [0.5, 0.6) is 0 Å². The normalized spacial score (nSPS) is 16.7. The average molecular weight is 428 g/mol. The molecule has 1 saturated heterocycles. The first kappa shape index (κ1) is 21.8. The number of carbonyl (C=O) groups is 2. The number of hydrogen-bond acceptors (Lipinski definition) is 3. The van der Waals surface area contributed by atoms with E-state index in [0.29, 0.717) is 38.3 Å². The van der Waals surface area contributed by atoms with Crippen LogP contribution in [0, 0.1) is 5.92 Å². The zero-order valence-corrected chi connectivity index (χ0v) is 18.5. The third-order valence-electron chi connectivity index (χ3n) is 5.95. The van der Waals surface area contributed by atoms with E-state index in [-0.39, 0.29) is 17.7 Å². The molecule has 1 aliphatic rings. The molecule has 0 bridgehead atoms. The molecular formula is C27H29N3O2. The Bertz CT molecular complexity index is 1040. The van der Waals surface area contributed by atoms with Gasteiger partial charge in [-0.1, -0.05) is 67.6 Å². The zero-order valence-electron chi connectivity index (χ0n) is 18.5. The number of amides is 2. The molecule has 1 atom stereocenters. The van der Waals surface area contributed by atoms with E-state index in [9.17, 15) is 9.59 Å². The Morgan fingerprint density at radius 3 is 2.34 bits per heavy atom. The van der Waals surface area contributed by atoms with E-state index >= 15 is 0 Å². The monoisotopic (exact) mass is 427 g/mol. The van der Waals surface area contributed by atoms with Gasteiger partial charge in [0.05, 0.1) is 5.92 Å². The van der Waals surface area contributed by atoms with Crippen LogP contribution in [0.2, 0.25) is 0 Å². The highest BCUT2D eigenvalue weighted by molar-refractivity contribution is 5.93. The molecule has 1 fully saturated rings. The number of hydrogen-bond donors (Lipinski definition) is 0. The van der Waals surface area contributed by atoms with Gasteiger partial charge in [-0.05, 0) is 41.7 Å². The number of aromatic nitrogens is 1. The van der Waals surface area contributed by atoms with Crippen LogP contribution < -0.4 is 0 Å². The molecular weight excluding hydrogens is 398 g/mol. The predicted molar refractivity (Wildman–Crippen MR) is 126 cm³/mol. The zero-order chi connectivity index (χ0) is 22.3. The quantitative estimate of drug-likeness (QED) is 0.589. The van der Waals surface area contributed by atoms with Gasteiger partial charge in [-0.3, -0.25) is 14.6 Å². The van der Waals surface area contributed by atoms with Crippen LogP contribution in [-0.2, 0) is 11.2 Å². The van der Waals surface area contributed by atoms with Gasteiger partial charge < -0.3 is 9.80 Å². The minimum Gasteiger partial charge on any atom is -0.341 e. The molecule has 3 aromatic rings. The molecule has 2 amide bonds. The van der Waals surface area contributed by atoms with E-state index in [1.165, 1.54) is 5.56 Å². The van der Waals surface area contributed by atoms with Crippen molar-refractivity contribution in [1.29, 1.82) is 0 Å². The van der Waals surface area contributed by atoms with Gasteiger partial charge in [-0.25, -0.2) is 0 Å². The standard InChI is InChI=1S/C27H29N3O2/c1-2-16-29-17-18-30(27(32)25-10-6-7-15-28-25)20-24(26(29)31)19-21-11-13-23(14-12-21)22-8-4-3-5-9-22/h3-15,24H,2,16-20H2,1H3/t24-/m1/s1. The van der Waals surface area contributed by atoms with Crippen LogP contribution in [-0.4, -0.2) is 52.8 Å². The Labute approximate surface area is 189 Å². The summed E-state index contributed by atoms with van der Waals surface area (Å²) in [5, 5.41) is 0. The van der Waals surface area contributed by atoms with E-state index in [1.54, 1.807) is 23.2 Å². The lowest BCUT2D eigenvalue weighted by Gasteiger charge is -2.24. The van der Waals surface area contributed by atoms with Crippen LogP contribution >= 0.6 is 0 Å². The third kappa shape index (κ3) is 5.05. The Morgan fingerprint density at radius 1 is 0.938 bits per heavy atom. The average Bonchev–Trinajstić information content (AvgIpc) is 3.00. The van der Waals surface area contributed by atoms with Crippen molar-refractivity contribution in [3.05, 3.63) is 90.3 Å². The van der Waals surface area contributed by atoms with Crippen molar-refractivity contribution in [2.45, 2.75) is 19.8 Å². The first-order chi connectivity index (χ1) is 15.7. The third-order valence-corrected chi connectivity index (χ3v) is 5.95. The van der Waals surface area contributed by atoms with Crippen LogP contribution in [0.15, 0.2) is 79.0 Å². The molecule has 5 nitrogen and oxygen atoms in total. The number of pyridine rings is 1. The fourth-order valence-corrected chi connectivity index (χ4v) is 4.27. The van der Waals surface area contributed by atoms with Gasteiger partial charge in [-0.15, -0.1) is 0 Å². The molecule has 164 valence electrons. The van der Waals surface area contributed by atoms with Crippen molar-refractivity contribution < 1.29 is 9.59 Å². The number of benzene rings is 2. The molecule has 32 heavy (non-hydrogen) atoms. The molecule has 1 aliphatic heterocycles. The summed E-state index contributed by atoms with van der Waals surface area (Å²) in [5.41, 5.74) is 3.86. The van der Waals surface area contributed by atoms with Gasteiger partial charge in [0.2, 0.25) is 5.91 Å². The van der Waals surface area contributed by atoms with Gasteiger partial charge >= 0.3 is 0 Å². The van der Waals surface area contributed by atoms with Crippen molar-refractivity contribution >= 4 is 11.8 Å².